The molecule has 22 heavy (non-hydrogen) atoms. The second-order valence-corrected chi connectivity index (χ2v) is 5.72. The van der Waals surface area contributed by atoms with Gasteiger partial charge in [-0.05, 0) is 55.2 Å². The van der Waals surface area contributed by atoms with E-state index in [1.165, 1.54) is 11.1 Å². The van der Waals surface area contributed by atoms with Gasteiger partial charge in [0.05, 0.1) is 6.61 Å². The first-order chi connectivity index (χ1) is 10.7. The lowest BCUT2D eigenvalue weighted by Gasteiger charge is -2.30. The van der Waals surface area contributed by atoms with Crippen molar-refractivity contribution in [1.29, 1.82) is 0 Å². The van der Waals surface area contributed by atoms with Crippen LogP contribution in [0.4, 0.5) is 0 Å². The van der Waals surface area contributed by atoms with Crippen LogP contribution in [0, 0.1) is 6.92 Å². The van der Waals surface area contributed by atoms with E-state index in [9.17, 15) is 4.79 Å². The molecule has 1 aliphatic rings. The average Bonchev–Trinajstić information content (AvgIpc) is 2.50. The van der Waals surface area contributed by atoms with E-state index in [4.69, 9.17) is 4.74 Å². The second-order valence-electron chi connectivity index (χ2n) is 5.72. The maximum absolute atomic E-state index is 12.3. The van der Waals surface area contributed by atoms with Crippen LogP contribution in [0.3, 0.4) is 0 Å². The average molecular weight is 295 g/mol. The fraction of sp³-hybridized carbons (Fsp3) is 0.316. The molecule has 3 heteroatoms. The highest BCUT2D eigenvalue weighted by Gasteiger charge is 2.25. The number of benzene rings is 2. The van der Waals surface area contributed by atoms with E-state index < -0.39 is 0 Å². The van der Waals surface area contributed by atoms with Crippen molar-refractivity contribution in [3.63, 3.8) is 0 Å². The van der Waals surface area contributed by atoms with Gasteiger partial charge in [-0.2, -0.15) is 0 Å². The molecule has 0 bridgehead atoms. The number of hydrogen-bond acceptors (Lipinski definition) is 2. The lowest BCUT2D eigenvalue weighted by Crippen LogP contribution is -2.33. The topological polar surface area (TPSA) is 38.3 Å². The molecule has 1 amide bonds. The zero-order valence-corrected chi connectivity index (χ0v) is 13.1. The third-order valence-electron chi connectivity index (χ3n) is 4.21. The number of hydrogen-bond donors (Lipinski definition) is 1. The molecule has 0 radical (unpaired) electrons. The third kappa shape index (κ3) is 2.84. The molecule has 3 rings (SSSR count). The van der Waals surface area contributed by atoms with Gasteiger partial charge in [-0.1, -0.05) is 24.3 Å². The number of nitrogens with one attached hydrogen (secondary N) is 1. The summed E-state index contributed by atoms with van der Waals surface area (Å²) >= 11 is 0. The quantitative estimate of drug-likeness (QED) is 0.917. The molecule has 0 aromatic heterocycles. The number of ether oxygens (including phenoxy) is 1. The Morgan fingerprint density at radius 3 is 2.82 bits per heavy atom. The van der Waals surface area contributed by atoms with Crippen LogP contribution in [0.25, 0.3) is 0 Å². The van der Waals surface area contributed by atoms with E-state index in [0.717, 1.165) is 17.7 Å². The zero-order chi connectivity index (χ0) is 15.5. The standard InChI is InChI=1S/C19H21NO2/c1-3-22-18-9-8-15(10-13(18)2)19(21)20-12-16-11-14-6-4-5-7-17(14)16/h4-10,16H,3,11-12H2,1-2H3,(H,20,21). The fourth-order valence-electron chi connectivity index (χ4n) is 2.97. The molecule has 2 aromatic carbocycles. The number of aryl methyl sites for hydroxylation is 1. The highest BCUT2D eigenvalue weighted by atomic mass is 16.5. The van der Waals surface area contributed by atoms with Crippen molar-refractivity contribution in [2.45, 2.75) is 26.2 Å². The lowest BCUT2D eigenvalue weighted by molar-refractivity contribution is 0.0950. The Balaban J connectivity index is 1.60. The fourth-order valence-corrected chi connectivity index (χ4v) is 2.97. The monoisotopic (exact) mass is 295 g/mol. The number of carbonyl (C=O) groups excluding carboxylic acids is 1. The minimum absolute atomic E-state index is 0.0180. The van der Waals surface area contributed by atoms with Crippen molar-refractivity contribution in [2.75, 3.05) is 13.2 Å². The summed E-state index contributed by atoms with van der Waals surface area (Å²) in [6.45, 7) is 5.25. The van der Waals surface area contributed by atoms with Gasteiger partial charge in [-0.15, -0.1) is 0 Å². The normalized spacial score (nSPS) is 15.6. The Kier molecular flexibility index (Phi) is 4.14. The largest absolute Gasteiger partial charge is 0.494 e. The summed E-state index contributed by atoms with van der Waals surface area (Å²) in [7, 11) is 0. The minimum atomic E-state index is -0.0180. The first kappa shape index (κ1) is 14.6. The van der Waals surface area contributed by atoms with E-state index in [-0.39, 0.29) is 5.91 Å². The van der Waals surface area contributed by atoms with Gasteiger partial charge in [0.1, 0.15) is 5.75 Å². The van der Waals surface area contributed by atoms with Crippen molar-refractivity contribution in [2.24, 2.45) is 0 Å². The Morgan fingerprint density at radius 1 is 1.27 bits per heavy atom. The van der Waals surface area contributed by atoms with Crippen LogP contribution in [-0.4, -0.2) is 19.1 Å². The molecule has 0 fully saturated rings. The first-order valence-corrected chi connectivity index (χ1v) is 7.78. The van der Waals surface area contributed by atoms with E-state index in [0.29, 0.717) is 24.6 Å². The van der Waals surface area contributed by atoms with Crippen molar-refractivity contribution < 1.29 is 9.53 Å². The zero-order valence-electron chi connectivity index (χ0n) is 13.1. The van der Waals surface area contributed by atoms with Crippen LogP contribution in [0.5, 0.6) is 5.75 Å². The van der Waals surface area contributed by atoms with Crippen molar-refractivity contribution >= 4 is 5.91 Å². The summed E-state index contributed by atoms with van der Waals surface area (Å²) in [5.74, 6) is 1.27. The van der Waals surface area contributed by atoms with E-state index in [1.807, 2.05) is 32.0 Å². The van der Waals surface area contributed by atoms with Gasteiger partial charge in [-0.25, -0.2) is 0 Å². The van der Waals surface area contributed by atoms with Crippen LogP contribution in [0.1, 0.15) is 39.9 Å². The van der Waals surface area contributed by atoms with Gasteiger partial charge in [-0.3, -0.25) is 4.79 Å². The van der Waals surface area contributed by atoms with E-state index >= 15 is 0 Å². The third-order valence-corrected chi connectivity index (χ3v) is 4.21. The molecule has 114 valence electrons. The van der Waals surface area contributed by atoms with Gasteiger partial charge in [0.15, 0.2) is 0 Å². The predicted octanol–water partition coefficient (Wildman–Crippen LogP) is 3.46. The molecule has 1 aliphatic carbocycles. The van der Waals surface area contributed by atoms with E-state index in [1.54, 1.807) is 0 Å². The first-order valence-electron chi connectivity index (χ1n) is 7.78. The smallest absolute Gasteiger partial charge is 0.251 e. The molecule has 1 N–H and O–H groups in total. The van der Waals surface area contributed by atoms with Gasteiger partial charge in [0.2, 0.25) is 0 Å². The van der Waals surface area contributed by atoms with Crippen molar-refractivity contribution in [3.05, 3.63) is 64.7 Å². The molecule has 1 atom stereocenters. The predicted molar refractivity (Wildman–Crippen MR) is 87.6 cm³/mol. The molecule has 2 aromatic rings. The van der Waals surface area contributed by atoms with Gasteiger partial charge in [0.25, 0.3) is 5.91 Å². The molecule has 0 heterocycles. The summed E-state index contributed by atoms with van der Waals surface area (Å²) in [6, 6.07) is 14.0. The van der Waals surface area contributed by atoms with Crippen LogP contribution < -0.4 is 10.1 Å². The number of fused-ring (bicyclic) bond motifs is 1. The Bertz CT molecular complexity index is 694. The second kappa shape index (κ2) is 6.22. The summed E-state index contributed by atoms with van der Waals surface area (Å²) in [5, 5.41) is 3.04. The highest BCUT2D eigenvalue weighted by molar-refractivity contribution is 5.94. The Hall–Kier alpha value is -2.29. The molecule has 0 saturated carbocycles. The molecule has 3 nitrogen and oxygen atoms in total. The summed E-state index contributed by atoms with van der Waals surface area (Å²) < 4.78 is 5.50. The van der Waals surface area contributed by atoms with E-state index in [2.05, 4.69) is 29.6 Å². The van der Waals surface area contributed by atoms with Crippen molar-refractivity contribution in [3.8, 4) is 5.75 Å². The minimum Gasteiger partial charge on any atom is -0.494 e. The van der Waals surface area contributed by atoms with Crippen LogP contribution in [0.2, 0.25) is 0 Å². The summed E-state index contributed by atoms with van der Waals surface area (Å²) in [4.78, 5) is 12.3. The maximum Gasteiger partial charge on any atom is 0.251 e. The molecular weight excluding hydrogens is 274 g/mol. The van der Waals surface area contributed by atoms with Crippen molar-refractivity contribution in [1.82, 2.24) is 5.32 Å². The summed E-state index contributed by atoms with van der Waals surface area (Å²) in [6.07, 6.45) is 1.05. The van der Waals surface area contributed by atoms with Crippen LogP contribution in [-0.2, 0) is 6.42 Å². The molecule has 0 aliphatic heterocycles. The van der Waals surface area contributed by atoms with Gasteiger partial charge < -0.3 is 10.1 Å². The van der Waals surface area contributed by atoms with Crippen LogP contribution in [0.15, 0.2) is 42.5 Å². The molecular formula is C19H21NO2. The van der Waals surface area contributed by atoms with Gasteiger partial charge >= 0.3 is 0 Å². The Labute approximate surface area is 131 Å². The number of rotatable bonds is 5. The maximum atomic E-state index is 12.3. The molecule has 0 spiro atoms. The highest BCUT2D eigenvalue weighted by Crippen LogP contribution is 2.34. The molecule has 1 unspecified atom stereocenters. The van der Waals surface area contributed by atoms with Crippen LogP contribution >= 0.6 is 0 Å². The molecule has 0 saturated heterocycles. The summed E-state index contributed by atoms with van der Waals surface area (Å²) in [5.41, 5.74) is 4.45. The number of carbonyl (C=O) groups is 1. The number of amides is 1. The van der Waals surface area contributed by atoms with Gasteiger partial charge in [0, 0.05) is 18.0 Å². The Morgan fingerprint density at radius 2 is 2.09 bits per heavy atom. The lowest BCUT2D eigenvalue weighted by atomic mass is 9.77. The SMILES string of the molecule is CCOc1ccc(C(=O)NCC2Cc3ccccc32)cc1C.